The van der Waals surface area contributed by atoms with Crippen molar-refractivity contribution in [2.24, 2.45) is 5.92 Å². The highest BCUT2D eigenvalue weighted by atomic mass is 35.5. The van der Waals surface area contributed by atoms with Crippen LogP contribution in [0.3, 0.4) is 0 Å². The third-order valence-corrected chi connectivity index (χ3v) is 8.83. The Balaban J connectivity index is 1.32. The fourth-order valence-electron chi connectivity index (χ4n) is 4.70. The molecule has 0 unspecified atom stereocenters. The maximum atomic E-state index is 13.0. The third kappa shape index (κ3) is 6.35. The van der Waals surface area contributed by atoms with E-state index >= 15 is 0 Å². The summed E-state index contributed by atoms with van der Waals surface area (Å²) in [5, 5.41) is 3.16. The van der Waals surface area contributed by atoms with Gasteiger partial charge in [0.2, 0.25) is 15.9 Å². The normalized spacial score (nSPS) is 18.8. The number of hydrogen-bond acceptors (Lipinski definition) is 4. The van der Waals surface area contributed by atoms with Crippen molar-refractivity contribution in [1.82, 2.24) is 9.21 Å². The average Bonchev–Trinajstić information content (AvgIpc) is 2.83. The lowest BCUT2D eigenvalue weighted by molar-refractivity contribution is -0.117. The number of nitrogens with one attached hydrogen (secondary N) is 1. The minimum absolute atomic E-state index is 0.172. The van der Waals surface area contributed by atoms with Crippen molar-refractivity contribution in [2.75, 3.05) is 38.0 Å². The van der Waals surface area contributed by atoms with E-state index in [0.717, 1.165) is 51.6 Å². The molecule has 2 aromatic rings. The van der Waals surface area contributed by atoms with Gasteiger partial charge in [-0.3, -0.25) is 9.69 Å². The van der Waals surface area contributed by atoms with Gasteiger partial charge in [-0.05, 0) is 74.9 Å². The van der Waals surface area contributed by atoms with Gasteiger partial charge in [-0.1, -0.05) is 48.4 Å². The molecule has 178 valence electrons. The number of carbonyl (C=O) groups excluding carboxylic acids is 1. The van der Waals surface area contributed by atoms with E-state index in [0.29, 0.717) is 29.7 Å². The minimum Gasteiger partial charge on any atom is -0.324 e. The molecule has 1 amide bonds. The topological polar surface area (TPSA) is 69.7 Å². The van der Waals surface area contributed by atoms with Crippen LogP contribution in [0.5, 0.6) is 0 Å². The van der Waals surface area contributed by atoms with E-state index in [-0.39, 0.29) is 17.3 Å². The summed E-state index contributed by atoms with van der Waals surface area (Å²) < 4.78 is 27.5. The number of benzene rings is 2. The number of hydrogen-bond donors (Lipinski definition) is 1. The lowest BCUT2D eigenvalue weighted by Gasteiger charge is -2.31. The van der Waals surface area contributed by atoms with Crippen LogP contribution in [0.1, 0.15) is 37.7 Å². The smallest absolute Gasteiger partial charge is 0.243 e. The van der Waals surface area contributed by atoms with Crippen molar-refractivity contribution in [3.05, 3.63) is 59.1 Å². The monoisotopic (exact) mass is 489 g/mol. The molecule has 2 fully saturated rings. The molecule has 0 aromatic heterocycles. The van der Waals surface area contributed by atoms with Gasteiger partial charge < -0.3 is 5.32 Å². The zero-order valence-electron chi connectivity index (χ0n) is 18.9. The number of anilines is 1. The van der Waals surface area contributed by atoms with E-state index in [9.17, 15) is 13.2 Å². The van der Waals surface area contributed by atoms with E-state index in [1.54, 1.807) is 6.07 Å². The van der Waals surface area contributed by atoms with Crippen molar-refractivity contribution >= 4 is 33.2 Å². The maximum Gasteiger partial charge on any atom is 0.243 e. The molecular formula is C25H32ClN3O3S. The number of nitrogens with zero attached hydrogens (tertiary/aromatic N) is 2. The standard InChI is InChI=1S/C25H32ClN3O3S/c26-23-10-9-22(33(31,32)29-13-5-2-6-14-29)18-24(23)27-25(30)19-28-15-11-21(12-16-28)17-20-7-3-1-4-8-20/h1,3-4,7-10,18,21H,2,5-6,11-17,19H2,(H,27,30). The zero-order chi connectivity index (χ0) is 23.3. The van der Waals surface area contributed by atoms with E-state index in [1.807, 2.05) is 6.07 Å². The van der Waals surface area contributed by atoms with Crippen LogP contribution in [0.2, 0.25) is 5.02 Å². The summed E-state index contributed by atoms with van der Waals surface area (Å²) in [6, 6.07) is 15.1. The highest BCUT2D eigenvalue weighted by molar-refractivity contribution is 7.89. The zero-order valence-corrected chi connectivity index (χ0v) is 20.5. The Morgan fingerprint density at radius 3 is 2.36 bits per heavy atom. The van der Waals surface area contributed by atoms with Crippen LogP contribution in [0.15, 0.2) is 53.4 Å². The van der Waals surface area contributed by atoms with Crippen molar-refractivity contribution in [2.45, 2.75) is 43.4 Å². The van der Waals surface area contributed by atoms with E-state index in [2.05, 4.69) is 34.5 Å². The summed E-state index contributed by atoms with van der Waals surface area (Å²) in [5.41, 5.74) is 1.71. The highest BCUT2D eigenvalue weighted by Gasteiger charge is 2.27. The fraction of sp³-hybridized carbons (Fsp3) is 0.480. The molecule has 2 aromatic carbocycles. The quantitative estimate of drug-likeness (QED) is 0.625. The van der Waals surface area contributed by atoms with E-state index in [1.165, 1.54) is 22.0 Å². The summed E-state index contributed by atoms with van der Waals surface area (Å²) in [7, 11) is -3.58. The first-order valence-corrected chi connectivity index (χ1v) is 13.6. The number of sulfonamides is 1. The van der Waals surface area contributed by atoms with Gasteiger partial charge in [-0.25, -0.2) is 8.42 Å². The molecule has 0 saturated carbocycles. The molecule has 0 bridgehead atoms. The van der Waals surface area contributed by atoms with Crippen LogP contribution in [-0.2, 0) is 21.2 Å². The highest BCUT2D eigenvalue weighted by Crippen LogP contribution is 2.28. The van der Waals surface area contributed by atoms with Crippen molar-refractivity contribution in [3.63, 3.8) is 0 Å². The Labute approximate surface area is 202 Å². The second kappa shape index (κ2) is 11.0. The van der Waals surface area contributed by atoms with Crippen LogP contribution in [0.4, 0.5) is 5.69 Å². The molecule has 0 spiro atoms. The predicted molar refractivity (Wildman–Crippen MR) is 132 cm³/mol. The summed E-state index contributed by atoms with van der Waals surface area (Å²) in [6.45, 7) is 3.10. The molecule has 0 aliphatic carbocycles. The first-order chi connectivity index (χ1) is 15.9. The lowest BCUT2D eigenvalue weighted by atomic mass is 9.90. The summed E-state index contributed by atoms with van der Waals surface area (Å²) in [6.07, 6.45) is 6.00. The molecule has 2 saturated heterocycles. The van der Waals surface area contributed by atoms with Crippen LogP contribution >= 0.6 is 11.6 Å². The van der Waals surface area contributed by atoms with Crippen LogP contribution in [-0.4, -0.2) is 56.3 Å². The van der Waals surface area contributed by atoms with Crippen molar-refractivity contribution < 1.29 is 13.2 Å². The average molecular weight is 490 g/mol. The number of piperidine rings is 2. The first-order valence-electron chi connectivity index (χ1n) is 11.8. The third-order valence-electron chi connectivity index (χ3n) is 6.61. The molecule has 0 atom stereocenters. The van der Waals surface area contributed by atoms with Gasteiger partial charge >= 0.3 is 0 Å². The Morgan fingerprint density at radius 2 is 1.67 bits per heavy atom. The Kier molecular flexibility index (Phi) is 8.07. The largest absolute Gasteiger partial charge is 0.324 e. The second-order valence-corrected chi connectivity index (χ2v) is 11.4. The number of likely N-dealkylation sites (tertiary alicyclic amines) is 1. The molecule has 2 heterocycles. The van der Waals surface area contributed by atoms with Gasteiger partial charge in [0, 0.05) is 13.1 Å². The minimum atomic E-state index is -3.58. The SMILES string of the molecule is O=C(CN1CCC(Cc2ccccc2)CC1)Nc1cc(S(=O)(=O)N2CCCCC2)ccc1Cl. The predicted octanol–water partition coefficient (Wildman–Crippen LogP) is 4.41. The molecule has 4 rings (SSSR count). The van der Waals surface area contributed by atoms with Crippen molar-refractivity contribution in [3.8, 4) is 0 Å². The molecular weight excluding hydrogens is 458 g/mol. The number of rotatable bonds is 7. The van der Waals surface area contributed by atoms with Gasteiger partial charge in [0.1, 0.15) is 0 Å². The molecule has 33 heavy (non-hydrogen) atoms. The molecule has 0 radical (unpaired) electrons. The number of amides is 1. The Hall–Kier alpha value is -1.93. The van der Waals surface area contributed by atoms with E-state index < -0.39 is 10.0 Å². The summed E-state index contributed by atoms with van der Waals surface area (Å²) in [5.74, 6) is 0.462. The maximum absolute atomic E-state index is 13.0. The number of carbonyl (C=O) groups is 1. The van der Waals surface area contributed by atoms with E-state index in [4.69, 9.17) is 11.6 Å². The molecule has 1 N–H and O–H groups in total. The Bertz CT molecular complexity index is 1050. The van der Waals surface area contributed by atoms with Crippen LogP contribution in [0, 0.1) is 5.92 Å². The molecule has 2 aliphatic heterocycles. The van der Waals surface area contributed by atoms with Crippen LogP contribution < -0.4 is 5.32 Å². The van der Waals surface area contributed by atoms with Crippen LogP contribution in [0.25, 0.3) is 0 Å². The van der Waals surface area contributed by atoms with Gasteiger partial charge in [0.05, 0.1) is 22.2 Å². The molecule has 2 aliphatic rings. The number of halogens is 1. The second-order valence-electron chi connectivity index (χ2n) is 9.06. The lowest BCUT2D eigenvalue weighted by Crippen LogP contribution is -2.39. The fourth-order valence-corrected chi connectivity index (χ4v) is 6.41. The van der Waals surface area contributed by atoms with Gasteiger partial charge in [-0.2, -0.15) is 4.31 Å². The summed E-state index contributed by atoms with van der Waals surface area (Å²) >= 11 is 6.28. The van der Waals surface area contributed by atoms with Gasteiger partial charge in [-0.15, -0.1) is 0 Å². The van der Waals surface area contributed by atoms with Gasteiger partial charge in [0.15, 0.2) is 0 Å². The van der Waals surface area contributed by atoms with Gasteiger partial charge in [0.25, 0.3) is 0 Å². The van der Waals surface area contributed by atoms with Crippen molar-refractivity contribution in [1.29, 1.82) is 0 Å². The molecule has 6 nitrogen and oxygen atoms in total. The Morgan fingerprint density at radius 1 is 0.970 bits per heavy atom. The molecule has 8 heteroatoms. The summed E-state index contributed by atoms with van der Waals surface area (Å²) in [4.78, 5) is 15.0. The first kappa shape index (κ1) is 24.2.